The molecule has 128 valence electrons. The first-order chi connectivity index (χ1) is 11.8. The number of unbranched alkanes of at least 4 members (excludes halogenated alkanes) is 3. The predicted molar refractivity (Wildman–Crippen MR) is 99.9 cm³/mol. The van der Waals surface area contributed by atoms with Gasteiger partial charge in [0.25, 0.3) is 5.56 Å². The fourth-order valence-electron chi connectivity index (χ4n) is 2.86. The minimum absolute atomic E-state index is 0.0340. The Morgan fingerprint density at radius 3 is 2.62 bits per heavy atom. The summed E-state index contributed by atoms with van der Waals surface area (Å²) in [5.41, 5.74) is 0.931. The molecular formula is C18H24N4OS. The van der Waals surface area contributed by atoms with Gasteiger partial charge in [-0.15, -0.1) is 10.2 Å². The van der Waals surface area contributed by atoms with Gasteiger partial charge in [0.15, 0.2) is 5.16 Å². The molecule has 0 aliphatic rings. The van der Waals surface area contributed by atoms with Crippen molar-refractivity contribution in [1.82, 2.24) is 19.2 Å². The summed E-state index contributed by atoms with van der Waals surface area (Å²) < 4.78 is 3.83. The smallest absolute Gasteiger partial charge is 0.262 e. The highest BCUT2D eigenvalue weighted by molar-refractivity contribution is 7.99. The van der Waals surface area contributed by atoms with Crippen LogP contribution in [0, 0.1) is 0 Å². The van der Waals surface area contributed by atoms with Gasteiger partial charge in [-0.25, -0.2) is 0 Å². The first-order valence-electron chi connectivity index (χ1n) is 8.77. The van der Waals surface area contributed by atoms with E-state index in [1.165, 1.54) is 0 Å². The van der Waals surface area contributed by atoms with Crippen LogP contribution in [0.5, 0.6) is 0 Å². The van der Waals surface area contributed by atoms with E-state index in [4.69, 9.17) is 0 Å². The molecule has 0 radical (unpaired) electrons. The number of nitrogens with zero attached hydrogens (tertiary/aromatic N) is 4. The van der Waals surface area contributed by atoms with Crippen LogP contribution < -0.4 is 5.56 Å². The molecule has 1 aromatic carbocycles. The topological polar surface area (TPSA) is 52.2 Å². The quantitative estimate of drug-likeness (QED) is 0.455. The van der Waals surface area contributed by atoms with Gasteiger partial charge in [0.05, 0.1) is 10.9 Å². The molecule has 0 fully saturated rings. The van der Waals surface area contributed by atoms with Crippen LogP contribution in [0.1, 0.15) is 46.0 Å². The molecule has 0 N–H and O–H groups in total. The van der Waals surface area contributed by atoms with Crippen molar-refractivity contribution < 1.29 is 0 Å². The summed E-state index contributed by atoms with van der Waals surface area (Å²) in [5, 5.41) is 10.3. The molecular weight excluding hydrogens is 320 g/mol. The van der Waals surface area contributed by atoms with Crippen molar-refractivity contribution in [3.8, 4) is 0 Å². The molecule has 0 spiro atoms. The third-order valence-electron chi connectivity index (χ3n) is 4.19. The van der Waals surface area contributed by atoms with Crippen molar-refractivity contribution in [1.29, 1.82) is 0 Å². The molecule has 0 aliphatic carbocycles. The van der Waals surface area contributed by atoms with Crippen molar-refractivity contribution in [3.05, 3.63) is 34.6 Å². The lowest BCUT2D eigenvalue weighted by Gasteiger charge is -2.11. The molecule has 0 atom stereocenters. The lowest BCUT2D eigenvalue weighted by Crippen LogP contribution is -2.23. The van der Waals surface area contributed by atoms with Gasteiger partial charge in [0, 0.05) is 12.3 Å². The zero-order valence-electron chi connectivity index (χ0n) is 14.4. The zero-order valence-corrected chi connectivity index (χ0v) is 15.2. The first-order valence-corrected chi connectivity index (χ1v) is 9.76. The lowest BCUT2D eigenvalue weighted by atomic mass is 10.2. The maximum absolute atomic E-state index is 12.9. The molecule has 6 heteroatoms. The van der Waals surface area contributed by atoms with Gasteiger partial charge in [-0.2, -0.15) is 0 Å². The fourth-order valence-corrected chi connectivity index (χ4v) is 3.88. The molecule has 0 bridgehead atoms. The normalized spacial score (nSPS) is 11.6. The van der Waals surface area contributed by atoms with Crippen molar-refractivity contribution in [3.63, 3.8) is 0 Å². The van der Waals surface area contributed by atoms with E-state index in [1.807, 2.05) is 28.7 Å². The number of fused-ring (bicyclic) bond motifs is 3. The maximum atomic E-state index is 12.9. The summed E-state index contributed by atoms with van der Waals surface area (Å²) in [6.07, 6.45) is 5.52. The van der Waals surface area contributed by atoms with Crippen LogP contribution in [-0.4, -0.2) is 24.9 Å². The average molecular weight is 344 g/mol. The summed E-state index contributed by atoms with van der Waals surface area (Å²) in [5.74, 6) is 1.68. The van der Waals surface area contributed by atoms with Crippen LogP contribution in [0.2, 0.25) is 0 Å². The maximum Gasteiger partial charge on any atom is 0.262 e. The molecule has 0 aliphatic heterocycles. The highest BCUT2D eigenvalue weighted by Gasteiger charge is 2.16. The molecule has 24 heavy (non-hydrogen) atoms. The van der Waals surface area contributed by atoms with E-state index in [-0.39, 0.29) is 5.56 Å². The Kier molecular flexibility index (Phi) is 5.56. The van der Waals surface area contributed by atoms with E-state index in [0.717, 1.165) is 53.9 Å². The second-order valence-corrected chi connectivity index (χ2v) is 7.06. The highest BCUT2D eigenvalue weighted by atomic mass is 32.2. The van der Waals surface area contributed by atoms with Gasteiger partial charge in [-0.3, -0.25) is 13.8 Å². The van der Waals surface area contributed by atoms with Gasteiger partial charge >= 0.3 is 0 Å². The average Bonchev–Trinajstić information content (AvgIpc) is 3.02. The molecule has 0 saturated heterocycles. The van der Waals surface area contributed by atoms with Crippen LogP contribution in [0.15, 0.2) is 34.2 Å². The SMILES string of the molecule is CCCCCn1c(=O)c2ccccc2n2c(SCCCC)nnc12. The molecule has 0 saturated carbocycles. The number of hydrogen-bond donors (Lipinski definition) is 0. The molecule has 3 aromatic rings. The zero-order chi connectivity index (χ0) is 16.9. The van der Waals surface area contributed by atoms with Gasteiger partial charge in [0.2, 0.25) is 5.78 Å². The van der Waals surface area contributed by atoms with E-state index in [0.29, 0.717) is 12.3 Å². The third kappa shape index (κ3) is 3.20. The third-order valence-corrected chi connectivity index (χ3v) is 5.21. The van der Waals surface area contributed by atoms with Crippen molar-refractivity contribution in [2.75, 3.05) is 5.75 Å². The number of aryl methyl sites for hydroxylation is 1. The Morgan fingerprint density at radius 1 is 1.04 bits per heavy atom. The second-order valence-electron chi connectivity index (χ2n) is 6.00. The molecule has 3 rings (SSSR count). The van der Waals surface area contributed by atoms with Gasteiger partial charge < -0.3 is 0 Å². The molecule has 2 aromatic heterocycles. The number of thioether (sulfide) groups is 1. The minimum atomic E-state index is 0.0340. The summed E-state index contributed by atoms with van der Waals surface area (Å²) in [6, 6.07) is 7.75. The summed E-state index contributed by atoms with van der Waals surface area (Å²) in [4.78, 5) is 12.9. The van der Waals surface area contributed by atoms with Crippen molar-refractivity contribution in [2.24, 2.45) is 0 Å². The standard InChI is InChI=1S/C18H24N4OS/c1-3-5-9-12-21-16(23)14-10-7-8-11-15(14)22-17(21)19-20-18(22)24-13-6-4-2/h7-8,10-11H,3-6,9,12-13H2,1-2H3. The molecule has 5 nitrogen and oxygen atoms in total. The Labute approximate surface area is 146 Å². The molecule has 0 amide bonds. The van der Waals surface area contributed by atoms with Gasteiger partial charge in [0.1, 0.15) is 0 Å². The van der Waals surface area contributed by atoms with E-state index in [9.17, 15) is 4.79 Å². The van der Waals surface area contributed by atoms with Gasteiger partial charge in [-0.1, -0.05) is 57.0 Å². The fraction of sp³-hybridized carbons (Fsp3) is 0.500. The van der Waals surface area contributed by atoms with Crippen LogP contribution in [0.25, 0.3) is 16.7 Å². The van der Waals surface area contributed by atoms with E-state index >= 15 is 0 Å². The number of hydrogen-bond acceptors (Lipinski definition) is 4. The lowest BCUT2D eigenvalue weighted by molar-refractivity contribution is 0.594. The molecule has 2 heterocycles. The summed E-state index contributed by atoms with van der Waals surface area (Å²) >= 11 is 1.71. The highest BCUT2D eigenvalue weighted by Crippen LogP contribution is 2.22. The van der Waals surface area contributed by atoms with Crippen LogP contribution in [-0.2, 0) is 6.54 Å². The monoisotopic (exact) mass is 344 g/mol. The van der Waals surface area contributed by atoms with Crippen LogP contribution in [0.4, 0.5) is 0 Å². The Morgan fingerprint density at radius 2 is 1.83 bits per heavy atom. The Hall–Kier alpha value is -1.82. The van der Waals surface area contributed by atoms with Crippen LogP contribution >= 0.6 is 11.8 Å². The predicted octanol–water partition coefficient (Wildman–Crippen LogP) is 4.13. The van der Waals surface area contributed by atoms with Gasteiger partial charge in [-0.05, 0) is 25.0 Å². The van der Waals surface area contributed by atoms with Crippen molar-refractivity contribution >= 4 is 28.4 Å². The minimum Gasteiger partial charge on any atom is -0.276 e. The summed E-state index contributed by atoms with van der Waals surface area (Å²) in [6.45, 7) is 5.04. The largest absolute Gasteiger partial charge is 0.276 e. The number of benzene rings is 1. The Balaban J connectivity index is 2.15. The molecule has 0 unspecified atom stereocenters. The number of aromatic nitrogens is 4. The first kappa shape index (κ1) is 17.0. The van der Waals surface area contributed by atoms with E-state index in [2.05, 4.69) is 24.0 Å². The Bertz CT molecular complexity index is 884. The second kappa shape index (κ2) is 7.83. The van der Waals surface area contributed by atoms with E-state index in [1.54, 1.807) is 16.3 Å². The van der Waals surface area contributed by atoms with Crippen LogP contribution in [0.3, 0.4) is 0 Å². The number of rotatable bonds is 8. The number of para-hydroxylation sites is 1. The van der Waals surface area contributed by atoms with E-state index < -0.39 is 0 Å². The van der Waals surface area contributed by atoms with Crippen molar-refractivity contribution in [2.45, 2.75) is 57.7 Å². The summed E-state index contributed by atoms with van der Waals surface area (Å²) in [7, 11) is 0.